The summed E-state index contributed by atoms with van der Waals surface area (Å²) in [4.78, 5) is 11.6. The first-order valence-electron chi connectivity index (χ1n) is 6.41. The molecule has 96 valence electrons. The van der Waals surface area contributed by atoms with Crippen molar-refractivity contribution in [2.45, 2.75) is 32.6 Å². The smallest absolute Gasteiger partial charge is 0.307 e. The Morgan fingerprint density at radius 1 is 1.33 bits per heavy atom. The molecule has 0 aromatic heterocycles. The van der Waals surface area contributed by atoms with Crippen LogP contribution in [0.1, 0.15) is 32.6 Å². The fourth-order valence-corrected chi connectivity index (χ4v) is 2.17. The van der Waals surface area contributed by atoms with E-state index in [1.165, 1.54) is 12.8 Å². The predicted molar refractivity (Wildman–Crippen MR) is 73.7 cm³/mol. The van der Waals surface area contributed by atoms with Crippen LogP contribution in [-0.2, 0) is 0 Å². The fraction of sp³-hybridized carbons (Fsp3) is 0.429. The topological polar surface area (TPSA) is 53.5 Å². The molecule has 1 aromatic carbocycles. The molecule has 0 radical (unpaired) electrons. The normalized spacial score (nSPS) is 21.6. The van der Waals surface area contributed by atoms with Crippen LogP contribution in [0.25, 0.3) is 0 Å². The van der Waals surface area contributed by atoms with Gasteiger partial charge in [0.05, 0.1) is 0 Å². The second kappa shape index (κ2) is 6.19. The first-order chi connectivity index (χ1) is 8.74. The molecule has 1 aliphatic carbocycles. The summed E-state index contributed by atoms with van der Waals surface area (Å²) in [5.41, 5.74) is 4.42. The van der Waals surface area contributed by atoms with E-state index in [2.05, 4.69) is 22.8 Å². The van der Waals surface area contributed by atoms with Crippen molar-refractivity contribution in [3.63, 3.8) is 0 Å². The van der Waals surface area contributed by atoms with Gasteiger partial charge in [0.2, 0.25) is 0 Å². The molecule has 1 aromatic rings. The number of para-hydroxylation sites is 1. The second-order valence-electron chi connectivity index (χ2n) is 4.81. The highest BCUT2D eigenvalue weighted by Gasteiger charge is 2.14. The van der Waals surface area contributed by atoms with Crippen LogP contribution in [-0.4, -0.2) is 11.7 Å². The highest BCUT2D eigenvalue weighted by molar-refractivity contribution is 5.91. The number of anilines is 1. The molecule has 4 heteroatoms. The first-order valence-corrected chi connectivity index (χ1v) is 6.41. The molecule has 1 atom stereocenters. The van der Waals surface area contributed by atoms with Crippen LogP contribution in [0.4, 0.5) is 10.5 Å². The van der Waals surface area contributed by atoms with E-state index in [1.807, 2.05) is 30.3 Å². The van der Waals surface area contributed by atoms with E-state index in [1.54, 1.807) is 0 Å². The van der Waals surface area contributed by atoms with Crippen molar-refractivity contribution < 1.29 is 4.79 Å². The van der Waals surface area contributed by atoms with Crippen LogP contribution in [0, 0.1) is 5.92 Å². The SMILES string of the molecule is C[C@@H]1CCCC(=NNC(=O)Nc2ccccc2)C1. The molecule has 0 bridgehead atoms. The lowest BCUT2D eigenvalue weighted by molar-refractivity contribution is 0.252. The Kier molecular flexibility index (Phi) is 4.34. The van der Waals surface area contributed by atoms with E-state index in [-0.39, 0.29) is 6.03 Å². The molecule has 18 heavy (non-hydrogen) atoms. The van der Waals surface area contributed by atoms with Gasteiger partial charge in [0.15, 0.2) is 0 Å². The summed E-state index contributed by atoms with van der Waals surface area (Å²) < 4.78 is 0. The molecule has 0 aliphatic heterocycles. The van der Waals surface area contributed by atoms with Gasteiger partial charge in [-0.15, -0.1) is 0 Å². The molecule has 2 amide bonds. The number of hydrazone groups is 1. The average Bonchev–Trinajstić information content (AvgIpc) is 2.38. The predicted octanol–water partition coefficient (Wildman–Crippen LogP) is 3.37. The number of carbonyl (C=O) groups excluding carboxylic acids is 1. The molecule has 0 unspecified atom stereocenters. The highest BCUT2D eigenvalue weighted by atomic mass is 16.2. The molecule has 0 spiro atoms. The van der Waals surface area contributed by atoms with Crippen LogP contribution in [0.15, 0.2) is 35.4 Å². The van der Waals surface area contributed by atoms with Gasteiger partial charge in [0, 0.05) is 11.4 Å². The van der Waals surface area contributed by atoms with E-state index in [0.717, 1.165) is 24.2 Å². The fourth-order valence-electron chi connectivity index (χ4n) is 2.17. The van der Waals surface area contributed by atoms with Gasteiger partial charge in [-0.25, -0.2) is 10.2 Å². The lowest BCUT2D eigenvalue weighted by Crippen LogP contribution is -2.26. The first kappa shape index (κ1) is 12.6. The summed E-state index contributed by atoms with van der Waals surface area (Å²) in [6.07, 6.45) is 4.42. The van der Waals surface area contributed by atoms with Gasteiger partial charge < -0.3 is 5.32 Å². The van der Waals surface area contributed by atoms with E-state index >= 15 is 0 Å². The number of hydrogen-bond donors (Lipinski definition) is 2. The zero-order chi connectivity index (χ0) is 12.8. The zero-order valence-electron chi connectivity index (χ0n) is 10.6. The van der Waals surface area contributed by atoms with Crippen molar-refractivity contribution in [3.05, 3.63) is 30.3 Å². The molecule has 1 fully saturated rings. The Hall–Kier alpha value is -1.84. The van der Waals surface area contributed by atoms with Crippen molar-refractivity contribution >= 4 is 17.4 Å². The van der Waals surface area contributed by atoms with Gasteiger partial charge in [-0.1, -0.05) is 25.1 Å². The van der Waals surface area contributed by atoms with Gasteiger partial charge in [0.25, 0.3) is 0 Å². The van der Waals surface area contributed by atoms with Crippen LogP contribution in [0.3, 0.4) is 0 Å². The third kappa shape index (κ3) is 3.87. The highest BCUT2D eigenvalue weighted by Crippen LogP contribution is 2.20. The number of nitrogens with one attached hydrogen (secondary N) is 2. The Balaban J connectivity index is 1.83. The van der Waals surface area contributed by atoms with Crippen molar-refractivity contribution in [1.82, 2.24) is 5.43 Å². The molecule has 1 saturated carbocycles. The summed E-state index contributed by atoms with van der Waals surface area (Å²) in [5.74, 6) is 0.677. The summed E-state index contributed by atoms with van der Waals surface area (Å²) in [5, 5.41) is 6.92. The Labute approximate surface area is 107 Å². The van der Waals surface area contributed by atoms with Gasteiger partial charge in [-0.2, -0.15) is 5.10 Å². The van der Waals surface area contributed by atoms with Crippen LogP contribution < -0.4 is 10.7 Å². The average molecular weight is 245 g/mol. The Morgan fingerprint density at radius 2 is 2.11 bits per heavy atom. The molecule has 2 rings (SSSR count). The van der Waals surface area contributed by atoms with Gasteiger partial charge in [-0.05, 0) is 43.7 Å². The summed E-state index contributed by atoms with van der Waals surface area (Å²) in [7, 11) is 0. The van der Waals surface area contributed by atoms with Crippen molar-refractivity contribution in [3.8, 4) is 0 Å². The largest absolute Gasteiger partial charge is 0.339 e. The van der Waals surface area contributed by atoms with Gasteiger partial charge in [-0.3, -0.25) is 0 Å². The van der Waals surface area contributed by atoms with Gasteiger partial charge >= 0.3 is 6.03 Å². The molecule has 0 saturated heterocycles. The maximum Gasteiger partial charge on any atom is 0.339 e. The van der Waals surface area contributed by atoms with E-state index < -0.39 is 0 Å². The molecular weight excluding hydrogens is 226 g/mol. The number of amides is 2. The Morgan fingerprint density at radius 3 is 2.83 bits per heavy atom. The number of nitrogens with zero attached hydrogens (tertiary/aromatic N) is 1. The maximum atomic E-state index is 11.6. The minimum Gasteiger partial charge on any atom is -0.307 e. The third-order valence-corrected chi connectivity index (χ3v) is 3.09. The quantitative estimate of drug-likeness (QED) is 0.771. The summed E-state index contributed by atoms with van der Waals surface area (Å²) in [6.45, 7) is 2.22. The lowest BCUT2D eigenvalue weighted by atomic mass is 9.89. The van der Waals surface area contributed by atoms with E-state index in [9.17, 15) is 4.79 Å². The Bertz CT molecular complexity index is 428. The number of urea groups is 1. The number of hydrogen-bond acceptors (Lipinski definition) is 2. The molecule has 0 heterocycles. The summed E-state index contributed by atoms with van der Waals surface area (Å²) >= 11 is 0. The molecule has 4 nitrogen and oxygen atoms in total. The third-order valence-electron chi connectivity index (χ3n) is 3.09. The number of benzene rings is 1. The van der Waals surface area contributed by atoms with Gasteiger partial charge in [0.1, 0.15) is 0 Å². The van der Waals surface area contributed by atoms with E-state index in [4.69, 9.17) is 0 Å². The minimum atomic E-state index is -0.285. The number of rotatable bonds is 2. The molecule has 1 aliphatic rings. The maximum absolute atomic E-state index is 11.6. The van der Waals surface area contributed by atoms with Crippen LogP contribution in [0.2, 0.25) is 0 Å². The van der Waals surface area contributed by atoms with Crippen LogP contribution in [0.5, 0.6) is 0 Å². The standard InChI is InChI=1S/C14H19N3O/c1-11-6-5-9-13(10-11)16-17-14(18)15-12-7-3-2-4-8-12/h2-4,7-8,11H,5-6,9-10H2,1H3,(H2,15,17,18)/t11-/m1/s1. The van der Waals surface area contributed by atoms with Crippen LogP contribution >= 0.6 is 0 Å². The monoisotopic (exact) mass is 245 g/mol. The lowest BCUT2D eigenvalue weighted by Gasteiger charge is -2.18. The zero-order valence-corrected chi connectivity index (χ0v) is 10.6. The van der Waals surface area contributed by atoms with Crippen molar-refractivity contribution in [2.24, 2.45) is 11.0 Å². The van der Waals surface area contributed by atoms with Crippen molar-refractivity contribution in [2.75, 3.05) is 5.32 Å². The van der Waals surface area contributed by atoms with E-state index in [0.29, 0.717) is 5.92 Å². The number of carbonyl (C=O) groups is 1. The summed E-state index contributed by atoms with van der Waals surface area (Å²) in [6, 6.07) is 9.07. The van der Waals surface area contributed by atoms with Crippen molar-refractivity contribution in [1.29, 1.82) is 0 Å². The second-order valence-corrected chi connectivity index (χ2v) is 4.81. The minimum absolute atomic E-state index is 0.285. The molecule has 2 N–H and O–H groups in total. The molecular formula is C14H19N3O.